The Labute approximate surface area is 137 Å². The second kappa shape index (κ2) is 8.84. The Hall–Kier alpha value is -1.66. The highest BCUT2D eigenvalue weighted by Gasteiger charge is 2.16. The maximum absolute atomic E-state index is 14.1. The second-order valence-corrected chi connectivity index (χ2v) is 5.72. The van der Waals surface area contributed by atoms with Crippen LogP contribution in [0.3, 0.4) is 0 Å². The lowest BCUT2D eigenvalue weighted by Gasteiger charge is -2.17. The van der Waals surface area contributed by atoms with Crippen molar-refractivity contribution >= 4 is 17.3 Å². The van der Waals surface area contributed by atoms with Gasteiger partial charge in [-0.05, 0) is 44.1 Å². The number of anilines is 2. The SMILES string of the molecule is CCN(CC)CC(=O)Nc1ccc(NCC2CCCO2)c(F)c1. The van der Waals surface area contributed by atoms with Gasteiger partial charge in [0, 0.05) is 18.8 Å². The Bertz CT molecular complexity index is 515. The minimum atomic E-state index is -0.372. The third kappa shape index (κ3) is 5.48. The zero-order chi connectivity index (χ0) is 16.7. The number of rotatable bonds is 8. The van der Waals surface area contributed by atoms with Crippen molar-refractivity contribution in [3.63, 3.8) is 0 Å². The minimum absolute atomic E-state index is 0.131. The van der Waals surface area contributed by atoms with Gasteiger partial charge in [-0.1, -0.05) is 13.8 Å². The van der Waals surface area contributed by atoms with E-state index < -0.39 is 0 Å². The Balaban J connectivity index is 1.86. The Morgan fingerprint density at radius 3 is 2.78 bits per heavy atom. The standard InChI is InChI=1S/C17H26FN3O2/c1-3-21(4-2)12-17(22)20-13-7-8-16(15(18)10-13)19-11-14-6-5-9-23-14/h7-8,10,14,19H,3-6,9,11-12H2,1-2H3,(H,20,22). The molecule has 1 aromatic carbocycles. The molecule has 0 saturated carbocycles. The molecule has 1 saturated heterocycles. The molecule has 1 aromatic rings. The minimum Gasteiger partial charge on any atom is -0.380 e. The number of ether oxygens (including phenoxy) is 1. The predicted octanol–water partition coefficient (Wildman–Crippen LogP) is 2.70. The van der Waals surface area contributed by atoms with Crippen LogP contribution >= 0.6 is 0 Å². The lowest BCUT2D eigenvalue weighted by molar-refractivity contribution is -0.117. The molecule has 1 atom stereocenters. The molecule has 2 N–H and O–H groups in total. The topological polar surface area (TPSA) is 53.6 Å². The van der Waals surface area contributed by atoms with Crippen molar-refractivity contribution in [2.75, 3.05) is 43.4 Å². The van der Waals surface area contributed by atoms with E-state index >= 15 is 0 Å². The van der Waals surface area contributed by atoms with Crippen LogP contribution in [-0.2, 0) is 9.53 Å². The van der Waals surface area contributed by atoms with Crippen LogP contribution in [0.2, 0.25) is 0 Å². The number of halogens is 1. The van der Waals surface area contributed by atoms with Crippen LogP contribution in [0.25, 0.3) is 0 Å². The van der Waals surface area contributed by atoms with Gasteiger partial charge in [0.25, 0.3) is 0 Å². The molecule has 0 bridgehead atoms. The summed E-state index contributed by atoms with van der Waals surface area (Å²) in [7, 11) is 0. The van der Waals surface area contributed by atoms with Crippen LogP contribution in [0, 0.1) is 5.82 Å². The van der Waals surface area contributed by atoms with Crippen LogP contribution in [0.15, 0.2) is 18.2 Å². The summed E-state index contributed by atoms with van der Waals surface area (Å²) in [5.41, 5.74) is 0.907. The molecule has 0 aliphatic carbocycles. The first-order chi connectivity index (χ1) is 11.1. The third-order valence-electron chi connectivity index (χ3n) is 4.06. The number of nitrogens with zero attached hydrogens (tertiary/aromatic N) is 1. The van der Waals surface area contributed by atoms with E-state index in [0.29, 0.717) is 24.5 Å². The lowest BCUT2D eigenvalue weighted by Crippen LogP contribution is -2.32. The highest BCUT2D eigenvalue weighted by molar-refractivity contribution is 5.92. The zero-order valence-corrected chi connectivity index (χ0v) is 13.9. The van der Waals surface area contributed by atoms with Crippen LogP contribution < -0.4 is 10.6 Å². The van der Waals surface area contributed by atoms with Gasteiger partial charge in [0.1, 0.15) is 5.82 Å². The van der Waals surface area contributed by atoms with E-state index in [9.17, 15) is 9.18 Å². The number of amides is 1. The lowest BCUT2D eigenvalue weighted by atomic mass is 10.2. The maximum atomic E-state index is 14.1. The monoisotopic (exact) mass is 323 g/mol. The fraction of sp³-hybridized carbons (Fsp3) is 0.588. The number of nitrogens with one attached hydrogen (secondary N) is 2. The summed E-state index contributed by atoms with van der Waals surface area (Å²) in [6, 6.07) is 4.70. The van der Waals surface area contributed by atoms with E-state index in [-0.39, 0.29) is 17.8 Å². The highest BCUT2D eigenvalue weighted by Crippen LogP contribution is 2.20. The summed E-state index contributed by atoms with van der Waals surface area (Å²) in [4.78, 5) is 13.9. The fourth-order valence-electron chi connectivity index (χ4n) is 2.62. The quantitative estimate of drug-likeness (QED) is 0.772. The predicted molar refractivity (Wildman–Crippen MR) is 90.3 cm³/mol. The first-order valence-corrected chi connectivity index (χ1v) is 8.29. The summed E-state index contributed by atoms with van der Waals surface area (Å²) in [6.07, 6.45) is 2.23. The molecule has 1 fully saturated rings. The van der Waals surface area contributed by atoms with Gasteiger partial charge in [0.05, 0.1) is 18.3 Å². The molecule has 1 amide bonds. The van der Waals surface area contributed by atoms with Gasteiger partial charge in [-0.3, -0.25) is 9.69 Å². The Morgan fingerprint density at radius 1 is 1.39 bits per heavy atom. The normalized spacial score (nSPS) is 17.5. The number of carbonyl (C=O) groups is 1. The summed E-state index contributed by atoms with van der Waals surface area (Å²) in [6.45, 7) is 7.33. The molecule has 0 radical (unpaired) electrons. The van der Waals surface area contributed by atoms with Crippen molar-refractivity contribution in [1.82, 2.24) is 4.90 Å². The molecule has 1 aliphatic heterocycles. The third-order valence-corrected chi connectivity index (χ3v) is 4.06. The molecule has 0 spiro atoms. The van der Waals surface area contributed by atoms with Gasteiger partial charge >= 0.3 is 0 Å². The second-order valence-electron chi connectivity index (χ2n) is 5.72. The molecule has 128 valence electrons. The van der Waals surface area contributed by atoms with Gasteiger partial charge in [0.2, 0.25) is 5.91 Å². The maximum Gasteiger partial charge on any atom is 0.238 e. The van der Waals surface area contributed by atoms with Crippen LogP contribution in [-0.4, -0.2) is 49.7 Å². The van der Waals surface area contributed by atoms with E-state index in [1.54, 1.807) is 12.1 Å². The first kappa shape index (κ1) is 17.7. The van der Waals surface area contributed by atoms with Crippen molar-refractivity contribution in [3.05, 3.63) is 24.0 Å². The van der Waals surface area contributed by atoms with Crippen LogP contribution in [0.4, 0.5) is 15.8 Å². The molecule has 0 aromatic heterocycles. The van der Waals surface area contributed by atoms with Gasteiger partial charge in [0.15, 0.2) is 0 Å². The molecule has 23 heavy (non-hydrogen) atoms. The number of likely N-dealkylation sites (N-methyl/N-ethyl adjacent to an activating group) is 1. The van der Waals surface area contributed by atoms with E-state index in [4.69, 9.17) is 4.74 Å². The average Bonchev–Trinajstić information content (AvgIpc) is 3.05. The number of hydrogen-bond acceptors (Lipinski definition) is 4. The largest absolute Gasteiger partial charge is 0.380 e. The van der Waals surface area contributed by atoms with Crippen molar-refractivity contribution in [3.8, 4) is 0 Å². The summed E-state index contributed by atoms with van der Waals surface area (Å²) in [5.74, 6) is -0.503. The van der Waals surface area contributed by atoms with Gasteiger partial charge in [-0.15, -0.1) is 0 Å². The number of carbonyl (C=O) groups excluding carboxylic acids is 1. The van der Waals surface area contributed by atoms with Crippen molar-refractivity contribution in [1.29, 1.82) is 0 Å². The van der Waals surface area contributed by atoms with E-state index in [0.717, 1.165) is 32.5 Å². The summed E-state index contributed by atoms with van der Waals surface area (Å²) in [5, 5.41) is 5.80. The Kier molecular flexibility index (Phi) is 6.80. The average molecular weight is 323 g/mol. The van der Waals surface area contributed by atoms with Crippen LogP contribution in [0.5, 0.6) is 0 Å². The summed E-state index contributed by atoms with van der Waals surface area (Å²) >= 11 is 0. The van der Waals surface area contributed by atoms with Gasteiger partial charge in [-0.25, -0.2) is 4.39 Å². The van der Waals surface area contributed by atoms with Crippen molar-refractivity contribution < 1.29 is 13.9 Å². The molecule has 6 heteroatoms. The fourth-order valence-corrected chi connectivity index (χ4v) is 2.62. The van der Waals surface area contributed by atoms with Gasteiger partial charge in [-0.2, -0.15) is 0 Å². The smallest absolute Gasteiger partial charge is 0.238 e. The number of hydrogen-bond donors (Lipinski definition) is 2. The van der Waals surface area contributed by atoms with E-state index in [1.807, 2.05) is 18.7 Å². The van der Waals surface area contributed by atoms with Crippen molar-refractivity contribution in [2.24, 2.45) is 0 Å². The molecular weight excluding hydrogens is 297 g/mol. The molecule has 1 aliphatic rings. The van der Waals surface area contributed by atoms with E-state index in [1.165, 1.54) is 6.07 Å². The highest BCUT2D eigenvalue weighted by atomic mass is 19.1. The molecule has 1 heterocycles. The number of benzene rings is 1. The molecular formula is C17H26FN3O2. The molecule has 2 rings (SSSR count). The molecule has 1 unspecified atom stereocenters. The van der Waals surface area contributed by atoms with Crippen molar-refractivity contribution in [2.45, 2.75) is 32.8 Å². The van der Waals surface area contributed by atoms with Crippen LogP contribution in [0.1, 0.15) is 26.7 Å². The van der Waals surface area contributed by atoms with Gasteiger partial charge < -0.3 is 15.4 Å². The summed E-state index contributed by atoms with van der Waals surface area (Å²) < 4.78 is 19.6. The van der Waals surface area contributed by atoms with E-state index in [2.05, 4.69) is 10.6 Å². The Morgan fingerprint density at radius 2 is 2.17 bits per heavy atom. The molecule has 5 nitrogen and oxygen atoms in total. The first-order valence-electron chi connectivity index (χ1n) is 8.29. The zero-order valence-electron chi connectivity index (χ0n) is 13.9.